The highest BCUT2D eigenvalue weighted by Gasteiger charge is 2.60. The van der Waals surface area contributed by atoms with E-state index in [1.54, 1.807) is 0 Å². The molecule has 4 aliphatic rings. The molecule has 1 amide bonds. The lowest BCUT2D eigenvalue weighted by atomic mass is 9.44. The third kappa shape index (κ3) is 11.0. The molecule has 2 N–H and O–H groups in total. The van der Waals surface area contributed by atoms with Crippen molar-refractivity contribution in [2.45, 2.75) is 220 Å². The van der Waals surface area contributed by atoms with E-state index < -0.39 is 5.97 Å². The van der Waals surface area contributed by atoms with Crippen LogP contribution in [0.1, 0.15) is 214 Å². The van der Waals surface area contributed by atoms with E-state index in [2.05, 4.69) is 33.0 Å². The maximum absolute atomic E-state index is 12.9. The number of hydrogen-bond donors (Lipinski definition) is 2. The SMILES string of the molecule is CCCCCCCCCCCCCCCCCCCC(=O)NC1CC[C@@]2(C)C(CC[C@H]3[C@@H]4CC[C@H]([C@H](C)CCC(=O)O)[C@@]4(C)CC[C@@H]32)C1. The molecule has 2 unspecified atom stereocenters. The topological polar surface area (TPSA) is 66.4 Å². The molecule has 278 valence electrons. The van der Waals surface area contributed by atoms with Crippen LogP contribution >= 0.6 is 0 Å². The number of amides is 1. The van der Waals surface area contributed by atoms with Crippen LogP contribution in [-0.2, 0) is 9.59 Å². The standard InChI is InChI=1S/C44H79NO3/c1-5-6-7-8-9-10-11-12-13-14-15-16-17-18-19-20-21-22-41(46)45-36-29-31-43(3)35(33-36)24-25-37-39-27-26-38(34(2)23-28-42(47)48)44(39,4)32-30-40(37)43/h34-40H,5-33H2,1-4H3,(H,45,46)(H,47,48)/t34-,35?,36?,37+,38-,39+,40+,43+,44-/m1/s1. The van der Waals surface area contributed by atoms with Crippen molar-refractivity contribution in [3.8, 4) is 0 Å². The Morgan fingerprint density at radius 2 is 1.21 bits per heavy atom. The van der Waals surface area contributed by atoms with Crippen LogP contribution in [0.25, 0.3) is 0 Å². The number of carbonyl (C=O) groups excluding carboxylic acids is 1. The predicted octanol–water partition coefficient (Wildman–Crippen LogP) is 12.7. The van der Waals surface area contributed by atoms with E-state index in [-0.39, 0.29) is 0 Å². The summed E-state index contributed by atoms with van der Waals surface area (Å²) >= 11 is 0. The Balaban J connectivity index is 1.05. The number of carboxylic acids is 1. The second-order valence-corrected chi connectivity index (χ2v) is 18.2. The fourth-order valence-corrected chi connectivity index (χ4v) is 12.2. The summed E-state index contributed by atoms with van der Waals surface area (Å²) in [6.45, 7) is 9.85. The van der Waals surface area contributed by atoms with E-state index in [4.69, 9.17) is 0 Å². The van der Waals surface area contributed by atoms with Gasteiger partial charge in [-0.15, -0.1) is 0 Å². The average Bonchev–Trinajstić information content (AvgIpc) is 3.42. The zero-order valence-corrected chi connectivity index (χ0v) is 32.3. The highest BCUT2D eigenvalue weighted by atomic mass is 16.4. The highest BCUT2D eigenvalue weighted by Crippen LogP contribution is 2.68. The van der Waals surface area contributed by atoms with Crippen molar-refractivity contribution in [1.82, 2.24) is 5.32 Å². The van der Waals surface area contributed by atoms with Crippen LogP contribution in [0, 0.1) is 46.3 Å². The Morgan fingerprint density at radius 1 is 0.667 bits per heavy atom. The molecule has 48 heavy (non-hydrogen) atoms. The fraction of sp³-hybridized carbons (Fsp3) is 0.955. The van der Waals surface area contributed by atoms with Gasteiger partial charge >= 0.3 is 5.97 Å². The number of nitrogens with one attached hydrogen (secondary N) is 1. The molecule has 4 rings (SSSR count). The number of unbranched alkanes of at least 4 members (excludes halogenated alkanes) is 16. The molecule has 4 heteroatoms. The first kappa shape index (κ1) is 39.7. The minimum atomic E-state index is -0.640. The zero-order valence-electron chi connectivity index (χ0n) is 32.3. The molecule has 0 aromatic rings. The van der Waals surface area contributed by atoms with Gasteiger partial charge in [-0.2, -0.15) is 0 Å². The van der Waals surface area contributed by atoms with Gasteiger partial charge < -0.3 is 10.4 Å². The normalized spacial score (nSPS) is 33.4. The van der Waals surface area contributed by atoms with Crippen LogP contribution in [0.5, 0.6) is 0 Å². The lowest BCUT2D eigenvalue weighted by Gasteiger charge is -2.61. The quantitative estimate of drug-likeness (QED) is 0.106. The third-order valence-electron chi connectivity index (χ3n) is 15.1. The minimum Gasteiger partial charge on any atom is -0.481 e. The monoisotopic (exact) mass is 670 g/mol. The number of fused-ring (bicyclic) bond motifs is 5. The van der Waals surface area contributed by atoms with Crippen molar-refractivity contribution in [1.29, 1.82) is 0 Å². The van der Waals surface area contributed by atoms with Crippen molar-refractivity contribution < 1.29 is 14.7 Å². The Hall–Kier alpha value is -1.06. The van der Waals surface area contributed by atoms with E-state index in [0.29, 0.717) is 47.5 Å². The Bertz CT molecular complexity index is 949. The van der Waals surface area contributed by atoms with Crippen LogP contribution < -0.4 is 5.32 Å². The maximum atomic E-state index is 12.9. The van der Waals surface area contributed by atoms with Crippen LogP contribution in [0.2, 0.25) is 0 Å². The van der Waals surface area contributed by atoms with Gasteiger partial charge in [-0.1, -0.05) is 130 Å². The van der Waals surface area contributed by atoms with Gasteiger partial charge in [0.1, 0.15) is 0 Å². The molecule has 0 bridgehead atoms. The van der Waals surface area contributed by atoms with Crippen molar-refractivity contribution in [3.63, 3.8) is 0 Å². The summed E-state index contributed by atoms with van der Waals surface area (Å²) in [6.07, 6.45) is 37.0. The van der Waals surface area contributed by atoms with Gasteiger partial charge in [0.2, 0.25) is 5.91 Å². The van der Waals surface area contributed by atoms with Crippen molar-refractivity contribution >= 4 is 11.9 Å². The van der Waals surface area contributed by atoms with Crippen LogP contribution in [0.15, 0.2) is 0 Å². The summed E-state index contributed by atoms with van der Waals surface area (Å²) in [5.74, 6) is 4.16. The van der Waals surface area contributed by atoms with E-state index in [0.717, 1.165) is 42.9 Å². The fourth-order valence-electron chi connectivity index (χ4n) is 12.2. The van der Waals surface area contributed by atoms with Crippen molar-refractivity contribution in [3.05, 3.63) is 0 Å². The van der Waals surface area contributed by atoms with Gasteiger partial charge in [-0.3, -0.25) is 9.59 Å². The first-order valence-corrected chi connectivity index (χ1v) is 21.7. The lowest BCUT2D eigenvalue weighted by Crippen LogP contribution is -2.55. The molecule has 4 aliphatic carbocycles. The molecule has 9 atom stereocenters. The molecule has 0 saturated heterocycles. The van der Waals surface area contributed by atoms with Crippen molar-refractivity contribution in [2.24, 2.45) is 46.3 Å². The number of carbonyl (C=O) groups is 2. The largest absolute Gasteiger partial charge is 0.481 e. The summed E-state index contributed by atoms with van der Waals surface area (Å²) in [5.41, 5.74) is 0.839. The third-order valence-corrected chi connectivity index (χ3v) is 15.1. The molecule has 4 fully saturated rings. The molecular formula is C44H79NO3. The summed E-state index contributed by atoms with van der Waals surface area (Å²) in [4.78, 5) is 24.2. The van der Waals surface area contributed by atoms with Crippen LogP contribution in [-0.4, -0.2) is 23.0 Å². The summed E-state index contributed by atoms with van der Waals surface area (Å²) in [7, 11) is 0. The Kier molecular flexibility index (Phi) is 16.6. The number of hydrogen-bond acceptors (Lipinski definition) is 2. The molecule has 0 aromatic carbocycles. The molecule has 0 radical (unpaired) electrons. The first-order valence-electron chi connectivity index (χ1n) is 21.7. The number of carboxylic acid groups (broad SMARTS) is 1. The molecule has 4 saturated carbocycles. The highest BCUT2D eigenvalue weighted by molar-refractivity contribution is 5.76. The molecule has 0 aromatic heterocycles. The van der Waals surface area contributed by atoms with E-state index in [1.165, 1.54) is 154 Å². The summed E-state index contributed by atoms with van der Waals surface area (Å²) < 4.78 is 0. The Morgan fingerprint density at radius 3 is 1.79 bits per heavy atom. The molecule has 0 aliphatic heterocycles. The average molecular weight is 670 g/mol. The van der Waals surface area contributed by atoms with E-state index in [1.807, 2.05) is 0 Å². The first-order chi connectivity index (χ1) is 23.2. The van der Waals surface area contributed by atoms with Gasteiger partial charge in [-0.05, 0) is 117 Å². The predicted molar refractivity (Wildman–Crippen MR) is 202 cm³/mol. The van der Waals surface area contributed by atoms with E-state index >= 15 is 0 Å². The number of rotatable bonds is 23. The van der Waals surface area contributed by atoms with Crippen molar-refractivity contribution in [2.75, 3.05) is 0 Å². The molecule has 0 spiro atoms. The van der Waals surface area contributed by atoms with Gasteiger partial charge in [0.15, 0.2) is 0 Å². The molecule has 4 nitrogen and oxygen atoms in total. The van der Waals surface area contributed by atoms with Crippen LogP contribution in [0.4, 0.5) is 0 Å². The summed E-state index contributed by atoms with van der Waals surface area (Å²) in [5, 5.41) is 12.8. The zero-order chi connectivity index (χ0) is 34.4. The van der Waals surface area contributed by atoms with E-state index in [9.17, 15) is 14.7 Å². The second-order valence-electron chi connectivity index (χ2n) is 18.2. The van der Waals surface area contributed by atoms with Gasteiger partial charge in [0.25, 0.3) is 0 Å². The molecule has 0 heterocycles. The maximum Gasteiger partial charge on any atom is 0.303 e. The minimum absolute atomic E-state index is 0.306. The smallest absolute Gasteiger partial charge is 0.303 e. The Labute approximate surface area is 297 Å². The van der Waals surface area contributed by atoms with Gasteiger partial charge in [-0.25, -0.2) is 0 Å². The van der Waals surface area contributed by atoms with Gasteiger partial charge in [0.05, 0.1) is 0 Å². The number of aliphatic carboxylic acids is 1. The van der Waals surface area contributed by atoms with Gasteiger partial charge in [0, 0.05) is 18.9 Å². The lowest BCUT2D eigenvalue weighted by molar-refractivity contribution is -0.137. The molecular weight excluding hydrogens is 590 g/mol. The summed E-state index contributed by atoms with van der Waals surface area (Å²) in [6, 6.07) is 0.387. The second kappa shape index (κ2) is 20.1. The van der Waals surface area contributed by atoms with Crippen LogP contribution in [0.3, 0.4) is 0 Å².